The fourth-order valence-electron chi connectivity index (χ4n) is 1.38. The van der Waals surface area contributed by atoms with Gasteiger partial charge in [0.25, 0.3) is 0 Å². The second-order valence-corrected chi connectivity index (χ2v) is 6.05. The average Bonchev–Trinajstić information content (AvgIpc) is 2.82. The Labute approximate surface area is 121 Å². The van der Waals surface area contributed by atoms with E-state index in [1.165, 1.54) is 11.3 Å². The first-order valence-electron chi connectivity index (χ1n) is 5.93. The van der Waals surface area contributed by atoms with E-state index < -0.39 is 17.7 Å². The lowest BCUT2D eigenvalue weighted by atomic mass is 10.2. The maximum absolute atomic E-state index is 11.7. The number of amides is 1. The number of carbonyl (C=O) groups excluding carboxylic acids is 1. The van der Waals surface area contributed by atoms with E-state index in [-0.39, 0.29) is 12.4 Å². The summed E-state index contributed by atoms with van der Waals surface area (Å²) in [4.78, 5) is 12.4. The second-order valence-electron chi connectivity index (χ2n) is 5.10. The molecule has 0 aromatic carbocycles. The molecule has 8 heteroatoms. The zero-order chi connectivity index (χ0) is 15.3. The number of carbonyl (C=O) groups is 1. The van der Waals surface area contributed by atoms with Crippen molar-refractivity contribution in [2.75, 3.05) is 6.61 Å². The number of alkyl carbamates (subject to hydrolysis) is 1. The molecule has 7 nitrogen and oxygen atoms in total. The van der Waals surface area contributed by atoms with Crippen molar-refractivity contribution in [1.82, 2.24) is 5.32 Å². The van der Waals surface area contributed by atoms with Crippen LogP contribution >= 0.6 is 11.3 Å². The monoisotopic (exact) mass is 301 g/mol. The largest absolute Gasteiger partial charge is 0.444 e. The van der Waals surface area contributed by atoms with Gasteiger partial charge in [-0.25, -0.2) is 4.79 Å². The zero-order valence-corrected chi connectivity index (χ0v) is 12.4. The van der Waals surface area contributed by atoms with Crippen molar-refractivity contribution in [1.29, 1.82) is 0 Å². The summed E-state index contributed by atoms with van der Waals surface area (Å²) in [7, 11) is 0. The van der Waals surface area contributed by atoms with Gasteiger partial charge in [-0.3, -0.25) is 0 Å². The summed E-state index contributed by atoms with van der Waals surface area (Å²) < 4.78 is 5.12. The van der Waals surface area contributed by atoms with Crippen LogP contribution in [-0.4, -0.2) is 34.5 Å². The molecule has 0 fully saturated rings. The van der Waals surface area contributed by atoms with Crippen LogP contribution in [0.1, 0.15) is 37.3 Å². The smallest absolute Gasteiger partial charge is 0.408 e. The van der Waals surface area contributed by atoms with Gasteiger partial charge in [-0.15, -0.1) is 11.3 Å². The molecule has 1 amide bonds. The Hall–Kier alpha value is -1.80. The fraction of sp³-hybridized carbons (Fsp3) is 0.500. The number of oxime groups is 1. The Morgan fingerprint density at radius 1 is 1.60 bits per heavy atom. The Morgan fingerprint density at radius 3 is 2.75 bits per heavy atom. The van der Waals surface area contributed by atoms with Crippen molar-refractivity contribution in [3.8, 4) is 0 Å². The number of hydrogen-bond acceptors (Lipinski definition) is 6. The predicted molar refractivity (Wildman–Crippen MR) is 76.0 cm³/mol. The summed E-state index contributed by atoms with van der Waals surface area (Å²) in [6.45, 7) is 4.97. The average molecular weight is 301 g/mol. The van der Waals surface area contributed by atoms with Crippen LogP contribution in [0.15, 0.2) is 16.6 Å². The third-order valence-electron chi connectivity index (χ3n) is 2.24. The number of amidine groups is 1. The molecule has 1 heterocycles. The van der Waals surface area contributed by atoms with Gasteiger partial charge in [-0.05, 0) is 26.8 Å². The lowest BCUT2D eigenvalue weighted by Crippen LogP contribution is -2.36. The quantitative estimate of drug-likeness (QED) is 0.290. The first-order valence-corrected chi connectivity index (χ1v) is 6.81. The van der Waals surface area contributed by atoms with Crippen LogP contribution in [0.25, 0.3) is 0 Å². The molecule has 5 N–H and O–H groups in total. The fourth-order valence-corrected chi connectivity index (χ4v) is 2.33. The third kappa shape index (κ3) is 4.71. The number of nitrogens with two attached hydrogens (primary N) is 1. The van der Waals surface area contributed by atoms with E-state index >= 15 is 0 Å². The van der Waals surface area contributed by atoms with E-state index in [0.29, 0.717) is 10.4 Å². The molecule has 1 aromatic heterocycles. The summed E-state index contributed by atoms with van der Waals surface area (Å²) in [5.74, 6) is -0.0264. The predicted octanol–water partition coefficient (Wildman–Crippen LogP) is 1.40. The number of hydrogen-bond donors (Lipinski definition) is 4. The summed E-state index contributed by atoms with van der Waals surface area (Å²) >= 11 is 1.28. The van der Waals surface area contributed by atoms with E-state index in [1.807, 2.05) is 0 Å². The molecule has 0 spiro atoms. The Kier molecular flexibility index (Phi) is 5.34. The van der Waals surface area contributed by atoms with E-state index in [9.17, 15) is 9.90 Å². The molecule has 112 valence electrons. The molecule has 0 aliphatic carbocycles. The van der Waals surface area contributed by atoms with Gasteiger partial charge in [-0.2, -0.15) is 0 Å². The van der Waals surface area contributed by atoms with Crippen LogP contribution in [0.2, 0.25) is 0 Å². The molecule has 1 aromatic rings. The van der Waals surface area contributed by atoms with Gasteiger partial charge in [0.15, 0.2) is 5.84 Å². The van der Waals surface area contributed by atoms with Crippen LogP contribution in [-0.2, 0) is 4.74 Å². The molecule has 1 atom stereocenters. The number of nitrogens with zero attached hydrogens (tertiary/aromatic N) is 1. The normalized spacial score (nSPS) is 13.9. The van der Waals surface area contributed by atoms with Crippen LogP contribution in [0, 0.1) is 0 Å². The standard InChI is InChI=1S/C12H19N3O4S/c1-12(2,3)19-11(17)14-8(5-16)9-4-7(6-20-9)10(13)15-18/h4,6,8,16,18H,5H2,1-3H3,(H2,13,15)(H,14,17)/t8-/m1/s1. The highest BCUT2D eigenvalue weighted by molar-refractivity contribution is 7.10. The Morgan fingerprint density at radius 2 is 2.25 bits per heavy atom. The minimum atomic E-state index is -0.615. The molecule has 20 heavy (non-hydrogen) atoms. The van der Waals surface area contributed by atoms with Gasteiger partial charge in [0.2, 0.25) is 0 Å². The number of aliphatic hydroxyl groups excluding tert-OH is 1. The lowest BCUT2D eigenvalue weighted by Gasteiger charge is -2.22. The number of nitrogens with one attached hydrogen (secondary N) is 1. The van der Waals surface area contributed by atoms with Crippen LogP contribution < -0.4 is 11.1 Å². The van der Waals surface area contributed by atoms with E-state index in [0.717, 1.165) is 0 Å². The van der Waals surface area contributed by atoms with Crippen LogP contribution in [0.5, 0.6) is 0 Å². The number of ether oxygens (including phenoxy) is 1. The van der Waals surface area contributed by atoms with Crippen molar-refractivity contribution >= 4 is 23.3 Å². The number of aliphatic hydroxyl groups is 1. The molecule has 0 aliphatic heterocycles. The lowest BCUT2D eigenvalue weighted by molar-refractivity contribution is 0.0483. The van der Waals surface area contributed by atoms with Crippen LogP contribution in [0.4, 0.5) is 4.79 Å². The molecule has 0 unspecified atom stereocenters. The Bertz CT molecular complexity index is 493. The first kappa shape index (κ1) is 16.3. The molecule has 0 aliphatic rings. The van der Waals surface area contributed by atoms with Crippen molar-refractivity contribution in [3.05, 3.63) is 21.9 Å². The highest BCUT2D eigenvalue weighted by Crippen LogP contribution is 2.22. The molecule has 0 bridgehead atoms. The molecule has 0 saturated heterocycles. The summed E-state index contributed by atoms with van der Waals surface area (Å²) in [5, 5.41) is 25.1. The summed E-state index contributed by atoms with van der Waals surface area (Å²) in [6, 6.07) is 1.04. The second kappa shape index (κ2) is 6.58. The minimum Gasteiger partial charge on any atom is -0.444 e. The molecule has 0 saturated carbocycles. The summed E-state index contributed by atoms with van der Waals surface area (Å²) in [6.07, 6.45) is -0.615. The Balaban J connectivity index is 2.76. The van der Waals surface area contributed by atoms with Crippen molar-refractivity contribution in [2.45, 2.75) is 32.4 Å². The van der Waals surface area contributed by atoms with Crippen LogP contribution in [0.3, 0.4) is 0 Å². The minimum absolute atomic E-state index is 0.0264. The van der Waals surface area contributed by atoms with Gasteiger partial charge < -0.3 is 26.1 Å². The van der Waals surface area contributed by atoms with Gasteiger partial charge in [-0.1, -0.05) is 5.16 Å². The zero-order valence-electron chi connectivity index (χ0n) is 11.6. The third-order valence-corrected chi connectivity index (χ3v) is 3.29. The highest BCUT2D eigenvalue weighted by Gasteiger charge is 2.21. The molecular formula is C12H19N3O4S. The van der Waals surface area contributed by atoms with Crippen molar-refractivity contribution < 1.29 is 19.8 Å². The first-order chi connectivity index (χ1) is 9.26. The highest BCUT2D eigenvalue weighted by atomic mass is 32.1. The number of rotatable bonds is 4. The van der Waals surface area contributed by atoms with Gasteiger partial charge in [0, 0.05) is 15.8 Å². The van der Waals surface area contributed by atoms with Gasteiger partial charge >= 0.3 is 6.09 Å². The number of thiophene rings is 1. The maximum atomic E-state index is 11.7. The SMILES string of the molecule is CC(C)(C)OC(=O)N[C@H](CO)c1cc(C(N)=NO)cs1. The summed E-state index contributed by atoms with van der Waals surface area (Å²) in [5.41, 5.74) is 5.38. The van der Waals surface area contributed by atoms with E-state index in [1.54, 1.807) is 32.2 Å². The van der Waals surface area contributed by atoms with Crippen molar-refractivity contribution in [3.63, 3.8) is 0 Å². The maximum Gasteiger partial charge on any atom is 0.408 e. The molecule has 0 radical (unpaired) electrons. The van der Waals surface area contributed by atoms with E-state index in [4.69, 9.17) is 15.7 Å². The molecular weight excluding hydrogens is 282 g/mol. The van der Waals surface area contributed by atoms with E-state index in [2.05, 4.69) is 10.5 Å². The van der Waals surface area contributed by atoms with Crippen molar-refractivity contribution in [2.24, 2.45) is 10.9 Å². The topological polar surface area (TPSA) is 117 Å². The van der Waals surface area contributed by atoms with Gasteiger partial charge in [0.05, 0.1) is 12.6 Å². The van der Waals surface area contributed by atoms with Gasteiger partial charge in [0.1, 0.15) is 5.60 Å². The molecule has 1 rings (SSSR count).